The van der Waals surface area contributed by atoms with Gasteiger partial charge in [0, 0.05) is 86.5 Å². The van der Waals surface area contributed by atoms with Crippen LogP contribution in [0.1, 0.15) is 169 Å². The van der Waals surface area contributed by atoms with Crippen molar-refractivity contribution in [1.29, 1.82) is 0 Å². The van der Waals surface area contributed by atoms with Crippen LogP contribution < -0.4 is 10.2 Å². The number of hydrogen-bond acceptors (Lipinski definition) is 11. The number of carbonyl (C=O) groups is 5. The number of ketones is 1. The average molecular weight is 1090 g/mol. The number of rotatable bonds is 8. The van der Waals surface area contributed by atoms with E-state index in [4.69, 9.17) is 4.84 Å². The third-order valence-electron chi connectivity index (χ3n) is 16.2. The zero-order valence-corrected chi connectivity index (χ0v) is 46.4. The van der Waals surface area contributed by atoms with Crippen molar-refractivity contribution >= 4 is 72.4 Å². The van der Waals surface area contributed by atoms with Crippen molar-refractivity contribution in [3.8, 4) is 0 Å². The minimum atomic E-state index is -4.62. The number of Topliss-reactive ketones (excluding diaryl/α,β-unsaturated/α-hetero) is 1. The van der Waals surface area contributed by atoms with Crippen LogP contribution in [0.2, 0.25) is 0 Å². The van der Waals surface area contributed by atoms with Gasteiger partial charge in [-0.05, 0) is 149 Å². The molecule has 3 amide bonds. The van der Waals surface area contributed by atoms with Gasteiger partial charge in [-0.1, -0.05) is 55.7 Å². The highest BCUT2D eigenvalue weighted by Gasteiger charge is 2.48. The summed E-state index contributed by atoms with van der Waals surface area (Å²) in [6.45, 7) is 10.0. The molecule has 1 fully saturated rings. The Kier molecular flexibility index (Phi) is 17.7. The van der Waals surface area contributed by atoms with E-state index in [2.05, 4.69) is 78.9 Å². The van der Waals surface area contributed by atoms with Gasteiger partial charge in [-0.15, -0.1) is 5.06 Å². The number of fused-ring (bicyclic) bond motifs is 6. The standard InChI is InChI=1S/C59H72N4O12S2/c1-40-19-27-49-47(38-40)58(2,3)51-29-24-41-14-11-15-42(56(41)43-20-22-44(23-21-43)57(68)75-63-54(66)31-32-55(63)67)25-30-52-59(4,48-39-46(77(72,73)74)26-28-50(48)62(52)36-13-37-76(69,70)71)33-9-5-7-16-45(64)17-12-34-60-53(65)18-8-6-10-35-61(49)51/h19-29,38-39,52H,5-18,30-37H2,1-4H3,(H2-,60,65,69,70,71,72,73,74)/p+1/b29-24?,42-25+. The Labute approximate surface area is 453 Å². The van der Waals surface area contributed by atoms with Gasteiger partial charge in [0.2, 0.25) is 11.6 Å². The molecule has 3 aromatic carbocycles. The zero-order valence-electron chi connectivity index (χ0n) is 44.8. The average Bonchev–Trinajstić information content (AvgIpc) is 3.90. The summed E-state index contributed by atoms with van der Waals surface area (Å²) in [6.07, 6.45) is 16.0. The Hall–Kier alpha value is -6.08. The first kappa shape index (κ1) is 57.1. The molecule has 0 spiro atoms. The topological polar surface area (TPSA) is 225 Å². The summed E-state index contributed by atoms with van der Waals surface area (Å²) in [4.78, 5) is 71.1. The van der Waals surface area contributed by atoms with E-state index in [-0.39, 0.29) is 59.4 Å². The molecule has 5 aliphatic rings. The number of benzene rings is 3. The largest absolute Gasteiger partial charge is 0.367 e. The van der Waals surface area contributed by atoms with Crippen LogP contribution in [-0.4, -0.2) is 102 Å². The van der Waals surface area contributed by atoms with Crippen LogP contribution in [0.5, 0.6) is 0 Å². The van der Waals surface area contributed by atoms with Crippen LogP contribution in [-0.2, 0) is 55.1 Å². The molecule has 0 radical (unpaired) electrons. The quantitative estimate of drug-likeness (QED) is 0.109. The molecular weight excluding hydrogens is 1020 g/mol. The van der Waals surface area contributed by atoms with Crippen LogP contribution in [0.3, 0.4) is 0 Å². The van der Waals surface area contributed by atoms with Gasteiger partial charge in [-0.2, -0.15) is 21.4 Å². The number of imide groups is 1. The van der Waals surface area contributed by atoms with Crippen molar-refractivity contribution in [2.75, 3.05) is 30.3 Å². The summed E-state index contributed by atoms with van der Waals surface area (Å²) < 4.78 is 72.1. The molecule has 16 nitrogen and oxygen atoms in total. The number of hydroxylamine groups is 2. The van der Waals surface area contributed by atoms with Crippen LogP contribution in [0, 0.1) is 6.92 Å². The second kappa shape index (κ2) is 23.9. The highest BCUT2D eigenvalue weighted by Crippen LogP contribution is 2.51. The van der Waals surface area contributed by atoms with E-state index in [0.717, 1.165) is 77.9 Å². The maximum atomic E-state index is 13.4. The molecule has 18 heteroatoms. The second-order valence-electron chi connectivity index (χ2n) is 22.1. The Morgan fingerprint density at radius 1 is 0.766 bits per heavy atom. The van der Waals surface area contributed by atoms with E-state index in [1.54, 1.807) is 18.2 Å². The van der Waals surface area contributed by atoms with Gasteiger partial charge < -0.3 is 15.1 Å². The van der Waals surface area contributed by atoms with Gasteiger partial charge >= 0.3 is 5.97 Å². The Morgan fingerprint density at radius 3 is 2.21 bits per heavy atom. The van der Waals surface area contributed by atoms with Gasteiger partial charge in [-0.25, -0.2) is 4.79 Å². The number of amides is 3. The van der Waals surface area contributed by atoms with Crippen molar-refractivity contribution in [3.05, 3.63) is 118 Å². The highest BCUT2D eigenvalue weighted by atomic mass is 32.2. The highest BCUT2D eigenvalue weighted by molar-refractivity contribution is 7.86. The van der Waals surface area contributed by atoms with E-state index < -0.39 is 49.2 Å². The minimum Gasteiger partial charge on any atom is -0.367 e. The number of aryl methyl sites for hydroxylation is 1. The van der Waals surface area contributed by atoms with Crippen molar-refractivity contribution in [2.24, 2.45) is 0 Å². The van der Waals surface area contributed by atoms with E-state index in [0.29, 0.717) is 87.1 Å². The molecule has 1 aliphatic carbocycles. The third-order valence-corrected chi connectivity index (χ3v) is 17.9. The van der Waals surface area contributed by atoms with E-state index in [1.807, 2.05) is 12.1 Å². The van der Waals surface area contributed by atoms with Crippen LogP contribution >= 0.6 is 0 Å². The van der Waals surface area contributed by atoms with E-state index in [1.165, 1.54) is 17.7 Å². The number of hydrogen-bond donors (Lipinski definition) is 3. The molecule has 77 heavy (non-hydrogen) atoms. The SMILES string of the molecule is Cc1ccc2c(c1)C(C)(C)C1=[N+]2CCCCCC(=O)NCCCC(=O)CCCCCC2(C)c3cc(S(=O)(=O)O)ccc3N(CCCS(=O)(=O)O)C2C/C=C2\CCCC(=C2c2ccc(C(=O)ON3C(=O)CCC3=O)cc2)C=C1. The Morgan fingerprint density at radius 2 is 1.48 bits per heavy atom. The molecule has 412 valence electrons. The second-order valence-corrected chi connectivity index (χ2v) is 25.1. The molecule has 4 heterocycles. The molecule has 2 atom stereocenters. The first-order valence-electron chi connectivity index (χ1n) is 27.2. The predicted octanol–water partition coefficient (Wildman–Crippen LogP) is 9.76. The third kappa shape index (κ3) is 13.3. The Bertz CT molecular complexity index is 3160. The van der Waals surface area contributed by atoms with Gasteiger partial charge in [0.05, 0.1) is 21.6 Å². The van der Waals surface area contributed by atoms with Gasteiger partial charge in [0.25, 0.3) is 32.1 Å². The van der Waals surface area contributed by atoms with Crippen molar-refractivity contribution < 1.29 is 59.3 Å². The van der Waals surface area contributed by atoms with Gasteiger partial charge in [-0.3, -0.25) is 28.3 Å². The molecule has 2 unspecified atom stereocenters. The molecule has 3 aromatic rings. The van der Waals surface area contributed by atoms with Crippen LogP contribution in [0.25, 0.3) is 5.57 Å². The molecule has 3 N–H and O–H groups in total. The molecule has 0 aromatic heterocycles. The lowest BCUT2D eigenvalue weighted by atomic mass is 9.72. The number of anilines is 1. The number of carbonyl (C=O) groups excluding carboxylic acids is 5. The lowest BCUT2D eigenvalue weighted by Crippen LogP contribution is -2.43. The molecular formula is C59H73N4O12S2+. The van der Waals surface area contributed by atoms with Crippen LogP contribution in [0.4, 0.5) is 11.4 Å². The number of allylic oxidation sites excluding steroid dienone is 5. The molecule has 4 aliphatic heterocycles. The fraction of sp³-hybridized carbons (Fsp3) is 0.492. The molecule has 1 saturated heterocycles. The fourth-order valence-corrected chi connectivity index (χ4v) is 13.1. The van der Waals surface area contributed by atoms with Crippen molar-refractivity contribution in [2.45, 2.75) is 165 Å². The van der Waals surface area contributed by atoms with Gasteiger partial charge in [0.1, 0.15) is 12.3 Å². The first-order chi connectivity index (χ1) is 36.5. The summed E-state index contributed by atoms with van der Waals surface area (Å²) in [7, 11) is -8.93. The maximum Gasteiger partial charge on any atom is 0.363 e. The van der Waals surface area contributed by atoms with Crippen LogP contribution in [0.15, 0.2) is 94.9 Å². The first-order valence-corrected chi connectivity index (χ1v) is 30.3. The van der Waals surface area contributed by atoms with Gasteiger partial charge in [0.15, 0.2) is 5.71 Å². The number of nitrogens with one attached hydrogen (secondary N) is 1. The molecule has 0 saturated carbocycles. The lowest BCUT2D eigenvalue weighted by molar-refractivity contribution is -0.438. The zero-order chi connectivity index (χ0) is 55.3. The van der Waals surface area contributed by atoms with E-state index in [9.17, 15) is 49.9 Å². The minimum absolute atomic E-state index is 0.0243. The molecule has 2 bridgehead atoms. The summed E-state index contributed by atoms with van der Waals surface area (Å²) in [5, 5.41) is 3.52. The van der Waals surface area contributed by atoms with Crippen molar-refractivity contribution in [1.82, 2.24) is 10.4 Å². The van der Waals surface area contributed by atoms with Crippen molar-refractivity contribution in [3.63, 3.8) is 0 Å². The smallest absolute Gasteiger partial charge is 0.363 e. The van der Waals surface area contributed by atoms with E-state index >= 15 is 0 Å². The summed E-state index contributed by atoms with van der Waals surface area (Å²) in [5.41, 5.74) is 8.90. The maximum absolute atomic E-state index is 13.4. The number of nitrogens with zero attached hydrogens (tertiary/aromatic N) is 3. The monoisotopic (exact) mass is 1090 g/mol. The summed E-state index contributed by atoms with van der Waals surface area (Å²) in [6, 6.07) is 17.6. The summed E-state index contributed by atoms with van der Waals surface area (Å²) in [5.74, 6) is -2.40. The lowest BCUT2D eigenvalue weighted by Gasteiger charge is -2.37. The fourth-order valence-electron chi connectivity index (χ4n) is 12.1. The summed E-state index contributed by atoms with van der Waals surface area (Å²) >= 11 is 0. The normalized spacial score (nSPS) is 23.1. The predicted molar refractivity (Wildman–Crippen MR) is 294 cm³/mol. The Balaban J connectivity index is 1.24. The molecule has 8 rings (SSSR count).